The third kappa shape index (κ3) is 1.05. The zero-order valence-corrected chi connectivity index (χ0v) is 8.59. The van der Waals surface area contributed by atoms with Crippen LogP contribution in [0, 0.1) is 6.92 Å². The van der Waals surface area contributed by atoms with Gasteiger partial charge in [-0.25, -0.2) is 0 Å². The lowest BCUT2D eigenvalue weighted by Gasteiger charge is -1.94. The molecule has 0 amide bonds. The molecule has 0 saturated heterocycles. The van der Waals surface area contributed by atoms with Crippen molar-refractivity contribution in [1.82, 2.24) is 9.78 Å². The van der Waals surface area contributed by atoms with Crippen LogP contribution < -0.4 is 0 Å². The number of rotatable bonds is 0. The Kier molecular flexibility index (Phi) is 1.68. The van der Waals surface area contributed by atoms with Crippen molar-refractivity contribution in [1.29, 1.82) is 0 Å². The average molecular weight is 225 g/mol. The van der Waals surface area contributed by atoms with Gasteiger partial charge in [0.05, 0.1) is 5.52 Å². The molecule has 0 radical (unpaired) electrons. The van der Waals surface area contributed by atoms with E-state index in [4.69, 9.17) is 0 Å². The molecule has 0 aliphatic heterocycles. The molecule has 0 aliphatic rings. The van der Waals surface area contributed by atoms with Crippen LogP contribution in [0.4, 0.5) is 0 Å². The van der Waals surface area contributed by atoms with Crippen LogP contribution in [-0.4, -0.2) is 9.78 Å². The van der Waals surface area contributed by atoms with E-state index in [9.17, 15) is 0 Å². The molecule has 2 rings (SSSR count). The summed E-state index contributed by atoms with van der Waals surface area (Å²) in [5.41, 5.74) is 2.29. The van der Waals surface area contributed by atoms with Gasteiger partial charge in [0.25, 0.3) is 0 Å². The molecule has 1 heterocycles. The minimum Gasteiger partial charge on any atom is -0.275 e. The SMILES string of the molecule is Cc1ccc(Br)c2cn(C)nc12. The first kappa shape index (κ1) is 7.80. The standard InChI is InChI=1S/C9H9BrN2/c1-6-3-4-8(10)7-5-12(2)11-9(6)7/h3-5H,1-2H3. The Hall–Kier alpha value is -0.830. The number of hydrogen-bond acceptors (Lipinski definition) is 1. The maximum absolute atomic E-state index is 4.36. The Morgan fingerprint density at radius 2 is 2.17 bits per heavy atom. The topological polar surface area (TPSA) is 17.8 Å². The predicted molar refractivity (Wildman–Crippen MR) is 53.2 cm³/mol. The van der Waals surface area contributed by atoms with Gasteiger partial charge in [-0.3, -0.25) is 4.68 Å². The van der Waals surface area contributed by atoms with Gasteiger partial charge in [-0.05, 0) is 18.6 Å². The summed E-state index contributed by atoms with van der Waals surface area (Å²) in [6, 6.07) is 4.12. The number of nitrogens with zero attached hydrogens (tertiary/aromatic N) is 2. The molecule has 0 spiro atoms. The largest absolute Gasteiger partial charge is 0.275 e. The highest BCUT2D eigenvalue weighted by atomic mass is 79.9. The number of fused-ring (bicyclic) bond motifs is 1. The third-order valence-corrected chi connectivity index (χ3v) is 2.63. The fraction of sp³-hybridized carbons (Fsp3) is 0.222. The summed E-state index contributed by atoms with van der Waals surface area (Å²) in [6.45, 7) is 2.07. The number of aromatic nitrogens is 2. The first-order chi connectivity index (χ1) is 5.68. The summed E-state index contributed by atoms with van der Waals surface area (Å²) in [7, 11) is 1.94. The van der Waals surface area contributed by atoms with Gasteiger partial charge in [0.1, 0.15) is 0 Å². The van der Waals surface area contributed by atoms with Crippen molar-refractivity contribution in [2.45, 2.75) is 6.92 Å². The Morgan fingerprint density at radius 3 is 2.83 bits per heavy atom. The summed E-state index contributed by atoms with van der Waals surface area (Å²) >= 11 is 3.49. The van der Waals surface area contributed by atoms with Crippen LogP contribution in [0.2, 0.25) is 0 Å². The van der Waals surface area contributed by atoms with Crippen molar-refractivity contribution < 1.29 is 0 Å². The van der Waals surface area contributed by atoms with Crippen LogP contribution in [0.5, 0.6) is 0 Å². The van der Waals surface area contributed by atoms with E-state index in [1.165, 1.54) is 10.9 Å². The van der Waals surface area contributed by atoms with E-state index in [1.807, 2.05) is 17.9 Å². The Labute approximate surface area is 79.3 Å². The summed E-state index contributed by atoms with van der Waals surface area (Å²) in [5, 5.41) is 5.54. The van der Waals surface area contributed by atoms with Crippen LogP contribution in [0.15, 0.2) is 22.8 Å². The average Bonchev–Trinajstić information content (AvgIpc) is 2.41. The first-order valence-corrected chi connectivity index (χ1v) is 4.56. The molecule has 3 heteroatoms. The second kappa shape index (κ2) is 2.59. The molecule has 0 bridgehead atoms. The van der Waals surface area contributed by atoms with Crippen LogP contribution in [0.25, 0.3) is 10.9 Å². The van der Waals surface area contributed by atoms with E-state index in [-0.39, 0.29) is 0 Å². The maximum Gasteiger partial charge on any atom is 0.0963 e. The molecule has 2 aromatic rings. The van der Waals surface area contributed by atoms with E-state index in [0.717, 1.165) is 9.99 Å². The number of benzene rings is 1. The fourth-order valence-electron chi connectivity index (χ4n) is 1.32. The molecule has 1 aromatic carbocycles. The number of hydrogen-bond donors (Lipinski definition) is 0. The van der Waals surface area contributed by atoms with Gasteiger partial charge in [0.15, 0.2) is 0 Å². The Morgan fingerprint density at radius 1 is 1.42 bits per heavy atom. The molecule has 62 valence electrons. The highest BCUT2D eigenvalue weighted by molar-refractivity contribution is 9.10. The van der Waals surface area contributed by atoms with E-state index in [2.05, 4.69) is 40.1 Å². The molecule has 0 fully saturated rings. The van der Waals surface area contributed by atoms with Crippen molar-refractivity contribution in [2.24, 2.45) is 7.05 Å². The molecule has 1 aromatic heterocycles. The highest BCUT2D eigenvalue weighted by Crippen LogP contribution is 2.24. The highest BCUT2D eigenvalue weighted by Gasteiger charge is 2.04. The summed E-state index contributed by atoms with van der Waals surface area (Å²) in [6.07, 6.45) is 2.02. The van der Waals surface area contributed by atoms with Crippen LogP contribution in [0.1, 0.15) is 5.56 Å². The first-order valence-electron chi connectivity index (χ1n) is 3.77. The number of halogens is 1. The van der Waals surface area contributed by atoms with Gasteiger partial charge < -0.3 is 0 Å². The normalized spacial score (nSPS) is 10.9. The third-order valence-electron chi connectivity index (χ3n) is 1.94. The van der Waals surface area contributed by atoms with Gasteiger partial charge in [-0.2, -0.15) is 5.10 Å². The molecule has 0 unspecified atom stereocenters. The van der Waals surface area contributed by atoms with Crippen LogP contribution in [0.3, 0.4) is 0 Å². The van der Waals surface area contributed by atoms with Crippen molar-refractivity contribution >= 4 is 26.8 Å². The van der Waals surface area contributed by atoms with Crippen LogP contribution in [-0.2, 0) is 7.05 Å². The van der Waals surface area contributed by atoms with Gasteiger partial charge in [0, 0.05) is 23.1 Å². The van der Waals surface area contributed by atoms with Crippen molar-refractivity contribution in [3.63, 3.8) is 0 Å². The maximum atomic E-state index is 4.36. The lowest BCUT2D eigenvalue weighted by molar-refractivity contribution is 0.779. The van der Waals surface area contributed by atoms with E-state index in [1.54, 1.807) is 0 Å². The Bertz CT molecular complexity index is 392. The molecule has 0 aliphatic carbocycles. The second-order valence-electron chi connectivity index (χ2n) is 2.93. The smallest absolute Gasteiger partial charge is 0.0963 e. The number of aryl methyl sites for hydroxylation is 2. The van der Waals surface area contributed by atoms with E-state index >= 15 is 0 Å². The van der Waals surface area contributed by atoms with Crippen molar-refractivity contribution in [2.75, 3.05) is 0 Å². The minimum absolute atomic E-state index is 1.08. The molecular weight excluding hydrogens is 216 g/mol. The quantitative estimate of drug-likeness (QED) is 0.673. The van der Waals surface area contributed by atoms with Crippen molar-refractivity contribution in [3.05, 3.63) is 28.4 Å². The molecular formula is C9H9BrN2. The fourth-order valence-corrected chi connectivity index (χ4v) is 1.74. The molecule has 2 nitrogen and oxygen atoms in total. The lowest BCUT2D eigenvalue weighted by Crippen LogP contribution is -1.85. The van der Waals surface area contributed by atoms with Gasteiger partial charge >= 0.3 is 0 Å². The molecule has 0 saturated carbocycles. The Balaban J connectivity index is 2.93. The zero-order valence-electron chi connectivity index (χ0n) is 7.00. The summed E-state index contributed by atoms with van der Waals surface area (Å²) in [4.78, 5) is 0. The zero-order chi connectivity index (χ0) is 8.72. The summed E-state index contributed by atoms with van der Waals surface area (Å²) in [5.74, 6) is 0. The van der Waals surface area contributed by atoms with E-state index in [0.29, 0.717) is 0 Å². The van der Waals surface area contributed by atoms with Gasteiger partial charge in [0.2, 0.25) is 0 Å². The van der Waals surface area contributed by atoms with Gasteiger partial charge in [-0.15, -0.1) is 0 Å². The molecule has 0 atom stereocenters. The second-order valence-corrected chi connectivity index (χ2v) is 3.78. The van der Waals surface area contributed by atoms with Crippen molar-refractivity contribution in [3.8, 4) is 0 Å². The monoisotopic (exact) mass is 224 g/mol. The summed E-state index contributed by atoms with van der Waals surface area (Å²) < 4.78 is 2.94. The molecule has 12 heavy (non-hydrogen) atoms. The minimum atomic E-state index is 1.08. The van der Waals surface area contributed by atoms with Gasteiger partial charge in [-0.1, -0.05) is 22.0 Å². The van der Waals surface area contributed by atoms with E-state index < -0.39 is 0 Å². The predicted octanol–water partition coefficient (Wildman–Crippen LogP) is 2.64. The lowest BCUT2D eigenvalue weighted by atomic mass is 10.2. The molecule has 0 N–H and O–H groups in total. The van der Waals surface area contributed by atoms with Crippen LogP contribution >= 0.6 is 15.9 Å².